The van der Waals surface area contributed by atoms with Gasteiger partial charge in [0, 0.05) is 5.41 Å². The van der Waals surface area contributed by atoms with Gasteiger partial charge in [0.2, 0.25) is 0 Å². The van der Waals surface area contributed by atoms with E-state index in [-0.39, 0.29) is 0 Å². The summed E-state index contributed by atoms with van der Waals surface area (Å²) in [4.78, 5) is 0. The lowest BCUT2D eigenvalue weighted by Gasteiger charge is -2.71. The maximum atomic E-state index is 4.38. The number of rotatable bonds is 0. The lowest BCUT2D eigenvalue weighted by molar-refractivity contribution is -0.0519. The minimum absolute atomic E-state index is 0.356. The Labute approximate surface area is 94.5 Å². The van der Waals surface area contributed by atoms with E-state index in [9.17, 15) is 0 Å². The van der Waals surface area contributed by atoms with Crippen molar-refractivity contribution >= 4 is 0 Å². The monoisotopic (exact) mass is 204 g/mol. The molecule has 0 nitrogen and oxygen atoms in total. The minimum Gasteiger partial charge on any atom is -0.0984 e. The van der Waals surface area contributed by atoms with Crippen molar-refractivity contribution in [3.63, 3.8) is 0 Å². The normalized spacial score (nSPS) is 36.1. The topological polar surface area (TPSA) is 0 Å². The molecule has 84 valence electrons. The van der Waals surface area contributed by atoms with Crippen LogP contribution < -0.4 is 0 Å². The molecule has 0 radical (unpaired) electrons. The largest absolute Gasteiger partial charge is 0.0984 e. The van der Waals surface area contributed by atoms with Crippen LogP contribution in [-0.4, -0.2) is 0 Å². The number of allylic oxidation sites excluding steroid dienone is 3. The van der Waals surface area contributed by atoms with Crippen LogP contribution in [0.2, 0.25) is 0 Å². The van der Waals surface area contributed by atoms with Crippen LogP contribution in [0.5, 0.6) is 0 Å². The summed E-state index contributed by atoms with van der Waals surface area (Å²) >= 11 is 0. The van der Waals surface area contributed by atoms with Gasteiger partial charge >= 0.3 is 0 Å². The lowest BCUT2D eigenvalue weighted by Crippen LogP contribution is -2.62. The van der Waals surface area contributed by atoms with Crippen molar-refractivity contribution in [3.8, 4) is 0 Å². The maximum Gasteiger partial charge on any atom is 0.0188 e. The fraction of sp³-hybridized carbons (Fsp3) is 0.733. The highest BCUT2D eigenvalue weighted by atomic mass is 14.7. The summed E-state index contributed by atoms with van der Waals surface area (Å²) in [7, 11) is 0. The van der Waals surface area contributed by atoms with E-state index in [2.05, 4.69) is 48.1 Å². The molecular formula is C15H24. The summed E-state index contributed by atoms with van der Waals surface area (Å²) in [5.41, 5.74) is 5.82. The van der Waals surface area contributed by atoms with E-state index in [1.165, 1.54) is 24.0 Å². The highest BCUT2D eigenvalue weighted by Gasteiger charge is 2.67. The van der Waals surface area contributed by atoms with Gasteiger partial charge in [-0.25, -0.2) is 0 Å². The van der Waals surface area contributed by atoms with E-state index in [4.69, 9.17) is 0 Å². The first kappa shape index (κ1) is 11.0. The molecule has 2 saturated carbocycles. The predicted molar refractivity (Wildman–Crippen MR) is 66.7 cm³/mol. The molecule has 0 aromatic carbocycles. The summed E-state index contributed by atoms with van der Waals surface area (Å²) in [5.74, 6) is 0. The van der Waals surface area contributed by atoms with Gasteiger partial charge in [-0.15, -0.1) is 0 Å². The first-order valence-corrected chi connectivity index (χ1v) is 6.02. The molecule has 0 aliphatic heterocycles. The van der Waals surface area contributed by atoms with Crippen molar-refractivity contribution in [2.24, 2.45) is 16.2 Å². The second kappa shape index (κ2) is 2.59. The molecule has 0 aromatic heterocycles. The molecule has 1 spiro atoms. The predicted octanol–water partition coefficient (Wildman–Crippen LogP) is 4.73. The van der Waals surface area contributed by atoms with E-state index in [0.717, 1.165) is 0 Å². The summed E-state index contributed by atoms with van der Waals surface area (Å²) in [6.07, 6.45) is 2.57. The molecule has 15 heavy (non-hydrogen) atoms. The highest BCUT2D eigenvalue weighted by molar-refractivity contribution is 5.50. The third-order valence-electron chi connectivity index (χ3n) is 4.93. The standard InChI is InChI=1S/C15H24/c1-10(2)12-8-14(6,7)15(12)9-13(4,5)11(15)3/h3,8-9H2,1-2,4-7H3. The molecule has 0 amide bonds. The van der Waals surface area contributed by atoms with Crippen molar-refractivity contribution < 1.29 is 0 Å². The van der Waals surface area contributed by atoms with Crippen LogP contribution >= 0.6 is 0 Å². The average molecular weight is 204 g/mol. The molecule has 1 atom stereocenters. The van der Waals surface area contributed by atoms with E-state index >= 15 is 0 Å². The van der Waals surface area contributed by atoms with Gasteiger partial charge in [-0.2, -0.15) is 0 Å². The van der Waals surface area contributed by atoms with Crippen molar-refractivity contribution in [2.45, 2.75) is 54.4 Å². The van der Waals surface area contributed by atoms with Gasteiger partial charge < -0.3 is 0 Å². The van der Waals surface area contributed by atoms with Crippen LogP contribution in [0.4, 0.5) is 0 Å². The van der Waals surface area contributed by atoms with Gasteiger partial charge in [0.05, 0.1) is 0 Å². The Kier molecular flexibility index (Phi) is 1.89. The molecule has 2 aliphatic carbocycles. The van der Waals surface area contributed by atoms with Crippen LogP contribution in [0.1, 0.15) is 54.4 Å². The zero-order valence-electron chi connectivity index (χ0n) is 11.1. The van der Waals surface area contributed by atoms with E-state index in [1.54, 1.807) is 5.57 Å². The quantitative estimate of drug-likeness (QED) is 0.501. The molecule has 0 heterocycles. The SMILES string of the molecule is C=C1C(C)(C)CC12C(=C(C)C)CC2(C)C. The van der Waals surface area contributed by atoms with Crippen LogP contribution in [0.15, 0.2) is 23.3 Å². The molecule has 2 aliphatic rings. The minimum atomic E-state index is 0.356. The average Bonchev–Trinajstić information content (AvgIpc) is 2.09. The molecule has 0 bridgehead atoms. The van der Waals surface area contributed by atoms with E-state index < -0.39 is 0 Å². The zero-order valence-corrected chi connectivity index (χ0v) is 11.1. The van der Waals surface area contributed by atoms with Gasteiger partial charge in [-0.3, -0.25) is 0 Å². The Bertz CT molecular complexity index is 361. The number of hydrogen-bond donors (Lipinski definition) is 0. The van der Waals surface area contributed by atoms with Crippen molar-refractivity contribution in [1.29, 1.82) is 0 Å². The molecule has 0 N–H and O–H groups in total. The maximum absolute atomic E-state index is 4.38. The summed E-state index contributed by atoms with van der Waals surface area (Å²) in [6.45, 7) is 18.4. The summed E-state index contributed by atoms with van der Waals surface area (Å²) in [6, 6.07) is 0. The third-order valence-corrected chi connectivity index (χ3v) is 4.93. The van der Waals surface area contributed by atoms with Crippen LogP contribution in [0.25, 0.3) is 0 Å². The lowest BCUT2D eigenvalue weighted by atomic mass is 9.32. The molecule has 0 aromatic rings. The Morgan fingerprint density at radius 3 is 1.93 bits per heavy atom. The Morgan fingerprint density at radius 1 is 1.13 bits per heavy atom. The Morgan fingerprint density at radius 2 is 1.67 bits per heavy atom. The molecule has 2 rings (SSSR count). The molecule has 2 fully saturated rings. The van der Waals surface area contributed by atoms with E-state index in [1.807, 2.05) is 0 Å². The fourth-order valence-electron chi connectivity index (χ4n) is 3.93. The third kappa shape index (κ3) is 1.03. The van der Waals surface area contributed by atoms with Crippen LogP contribution in [-0.2, 0) is 0 Å². The van der Waals surface area contributed by atoms with Gasteiger partial charge in [-0.1, -0.05) is 51.0 Å². The van der Waals surface area contributed by atoms with Crippen molar-refractivity contribution in [1.82, 2.24) is 0 Å². The van der Waals surface area contributed by atoms with Crippen LogP contribution in [0.3, 0.4) is 0 Å². The molecule has 1 unspecified atom stereocenters. The van der Waals surface area contributed by atoms with Gasteiger partial charge in [0.15, 0.2) is 0 Å². The Hall–Kier alpha value is -0.520. The van der Waals surface area contributed by atoms with Gasteiger partial charge in [0.1, 0.15) is 0 Å². The molecule has 0 saturated heterocycles. The fourth-order valence-corrected chi connectivity index (χ4v) is 3.93. The first-order valence-electron chi connectivity index (χ1n) is 6.02. The second-order valence-electron chi connectivity index (χ2n) is 6.98. The zero-order chi connectivity index (χ0) is 11.6. The summed E-state index contributed by atoms with van der Waals surface area (Å²) in [5, 5.41) is 0. The second-order valence-corrected chi connectivity index (χ2v) is 6.98. The van der Waals surface area contributed by atoms with Crippen LogP contribution in [0, 0.1) is 16.2 Å². The molecule has 0 heteroatoms. The van der Waals surface area contributed by atoms with Gasteiger partial charge in [-0.05, 0) is 37.5 Å². The number of hydrogen-bond acceptors (Lipinski definition) is 0. The Balaban J connectivity index is 2.44. The first-order chi connectivity index (χ1) is 6.65. The summed E-state index contributed by atoms with van der Waals surface area (Å²) < 4.78 is 0. The molecular weight excluding hydrogens is 180 g/mol. The van der Waals surface area contributed by atoms with E-state index in [0.29, 0.717) is 16.2 Å². The van der Waals surface area contributed by atoms with Gasteiger partial charge in [0.25, 0.3) is 0 Å². The van der Waals surface area contributed by atoms with Crippen molar-refractivity contribution in [3.05, 3.63) is 23.3 Å². The smallest absolute Gasteiger partial charge is 0.0188 e. The van der Waals surface area contributed by atoms with Crippen molar-refractivity contribution in [2.75, 3.05) is 0 Å². The highest BCUT2D eigenvalue weighted by Crippen LogP contribution is 2.77.